The number of pyridine rings is 1. The number of allylic oxidation sites excluding steroid dienone is 2. The molecule has 1 aromatic rings. The largest absolute Gasteiger partial charge is 0.326 e. The lowest BCUT2D eigenvalue weighted by atomic mass is 9.63. The third kappa shape index (κ3) is 2.73. The summed E-state index contributed by atoms with van der Waals surface area (Å²) in [5.41, 5.74) is 6.09. The molecule has 0 amide bonds. The molecule has 1 fully saturated rings. The van der Waals surface area contributed by atoms with E-state index in [9.17, 15) is 4.79 Å². The molecule has 4 nitrogen and oxygen atoms in total. The molecular weight excluding hydrogens is 310 g/mol. The van der Waals surface area contributed by atoms with Crippen LogP contribution in [0.4, 0.5) is 0 Å². The van der Waals surface area contributed by atoms with Gasteiger partial charge in [-0.3, -0.25) is 9.79 Å². The predicted molar refractivity (Wildman–Crippen MR) is 102 cm³/mol. The molecule has 0 radical (unpaired) electrons. The predicted octanol–water partition coefficient (Wildman–Crippen LogP) is 3.21. The van der Waals surface area contributed by atoms with E-state index in [-0.39, 0.29) is 11.1 Å². The molecule has 2 aliphatic carbocycles. The first-order chi connectivity index (χ1) is 12.0. The Kier molecular flexibility index (Phi) is 4.03. The van der Waals surface area contributed by atoms with Crippen molar-refractivity contribution in [3.05, 3.63) is 57.0 Å². The molecule has 2 unspecified atom stereocenters. The van der Waals surface area contributed by atoms with Gasteiger partial charge in [-0.05, 0) is 51.8 Å². The molecule has 132 valence electrons. The van der Waals surface area contributed by atoms with Gasteiger partial charge in [-0.1, -0.05) is 17.7 Å². The second-order valence-electron chi connectivity index (χ2n) is 7.80. The highest BCUT2D eigenvalue weighted by Crippen LogP contribution is 2.52. The Morgan fingerprint density at radius 3 is 2.80 bits per heavy atom. The van der Waals surface area contributed by atoms with Crippen LogP contribution >= 0.6 is 0 Å². The van der Waals surface area contributed by atoms with Crippen molar-refractivity contribution < 1.29 is 0 Å². The average Bonchev–Trinajstić information content (AvgIpc) is 2.56. The van der Waals surface area contributed by atoms with E-state index in [0.29, 0.717) is 5.92 Å². The third-order valence-electron chi connectivity index (χ3n) is 5.99. The van der Waals surface area contributed by atoms with Crippen LogP contribution in [0.5, 0.6) is 0 Å². The number of aromatic nitrogens is 1. The van der Waals surface area contributed by atoms with Crippen molar-refractivity contribution in [3.63, 3.8) is 0 Å². The molecule has 4 heteroatoms. The summed E-state index contributed by atoms with van der Waals surface area (Å²) in [7, 11) is 2.18. The third-order valence-corrected chi connectivity index (χ3v) is 5.99. The highest BCUT2D eigenvalue weighted by molar-refractivity contribution is 5.86. The Bertz CT molecular complexity index is 835. The number of H-pyrrole nitrogens is 1. The van der Waals surface area contributed by atoms with Crippen LogP contribution in [0.1, 0.15) is 44.4 Å². The number of nitrogens with zero attached hydrogens (tertiary/aromatic N) is 2. The Hall–Kier alpha value is -1.94. The molecule has 2 heterocycles. The summed E-state index contributed by atoms with van der Waals surface area (Å²) in [6.07, 6.45) is 8.51. The second kappa shape index (κ2) is 6.10. The Morgan fingerprint density at radius 2 is 2.08 bits per heavy atom. The number of aliphatic imine (C=N–C) groups is 1. The van der Waals surface area contributed by atoms with E-state index in [1.165, 1.54) is 22.4 Å². The number of aromatic amines is 1. The molecule has 0 aromatic carbocycles. The molecule has 1 saturated heterocycles. The lowest BCUT2D eigenvalue weighted by molar-refractivity contribution is 0.331. The van der Waals surface area contributed by atoms with Crippen LogP contribution in [0.2, 0.25) is 0 Å². The normalized spacial score (nSPS) is 30.8. The van der Waals surface area contributed by atoms with Crippen molar-refractivity contribution in [2.75, 3.05) is 20.1 Å². The van der Waals surface area contributed by atoms with Crippen LogP contribution in [-0.4, -0.2) is 35.7 Å². The van der Waals surface area contributed by atoms with Gasteiger partial charge in [0.1, 0.15) is 5.54 Å². The summed E-state index contributed by atoms with van der Waals surface area (Å²) in [6, 6.07) is 3.68. The second-order valence-corrected chi connectivity index (χ2v) is 7.80. The maximum absolute atomic E-state index is 11.9. The minimum Gasteiger partial charge on any atom is -0.326 e. The maximum Gasteiger partial charge on any atom is 0.248 e. The van der Waals surface area contributed by atoms with Crippen molar-refractivity contribution in [2.24, 2.45) is 10.9 Å². The van der Waals surface area contributed by atoms with Crippen LogP contribution < -0.4 is 5.56 Å². The lowest BCUT2D eigenvalue weighted by Gasteiger charge is -2.46. The SMILES string of the molecule is CC=C1C2C=C(C)CC1(N=C1CCN(C)CC1)c1ccc(=O)[nH]c1C2. The summed E-state index contributed by atoms with van der Waals surface area (Å²) in [5, 5.41) is 0. The molecule has 2 bridgehead atoms. The fourth-order valence-corrected chi connectivity index (χ4v) is 4.89. The van der Waals surface area contributed by atoms with Crippen LogP contribution in [0.25, 0.3) is 0 Å². The van der Waals surface area contributed by atoms with E-state index in [2.05, 4.69) is 42.9 Å². The van der Waals surface area contributed by atoms with Gasteiger partial charge in [-0.25, -0.2) is 0 Å². The highest BCUT2D eigenvalue weighted by Gasteiger charge is 2.46. The molecule has 25 heavy (non-hydrogen) atoms. The minimum atomic E-state index is -0.318. The summed E-state index contributed by atoms with van der Waals surface area (Å²) >= 11 is 0. The number of likely N-dealkylation sites (tertiary alicyclic amines) is 1. The van der Waals surface area contributed by atoms with E-state index in [1.54, 1.807) is 6.07 Å². The van der Waals surface area contributed by atoms with Crippen molar-refractivity contribution in [2.45, 2.75) is 45.1 Å². The summed E-state index contributed by atoms with van der Waals surface area (Å²) in [6.45, 7) is 6.52. The number of fused-ring (bicyclic) bond motifs is 4. The van der Waals surface area contributed by atoms with Gasteiger partial charge in [0, 0.05) is 48.5 Å². The minimum absolute atomic E-state index is 0.0106. The molecular formula is C21H27N3O. The quantitative estimate of drug-likeness (QED) is 0.800. The Balaban J connectivity index is 1.90. The molecule has 1 aliphatic heterocycles. The molecule has 0 spiro atoms. The first-order valence-electron chi connectivity index (χ1n) is 9.34. The zero-order valence-corrected chi connectivity index (χ0v) is 15.4. The fourth-order valence-electron chi connectivity index (χ4n) is 4.89. The number of hydrogen-bond donors (Lipinski definition) is 1. The van der Waals surface area contributed by atoms with Gasteiger partial charge < -0.3 is 9.88 Å². The summed E-state index contributed by atoms with van der Waals surface area (Å²) in [5.74, 6) is 0.347. The standard InChI is InChI=1S/C21H27N3O/c1-4-17-15-11-14(2)13-21(17,23-16-7-9-24(3)10-8-16)18-5-6-20(25)22-19(18)12-15/h4-6,11,15H,7-10,12-13H2,1-3H3,(H,22,25). The average molecular weight is 337 g/mol. The molecule has 2 atom stereocenters. The van der Waals surface area contributed by atoms with Gasteiger partial charge in [0.2, 0.25) is 5.56 Å². The van der Waals surface area contributed by atoms with Crippen molar-refractivity contribution in [1.82, 2.24) is 9.88 Å². The highest BCUT2D eigenvalue weighted by atomic mass is 16.1. The molecule has 0 saturated carbocycles. The Morgan fingerprint density at radius 1 is 1.32 bits per heavy atom. The zero-order chi connectivity index (χ0) is 17.6. The molecule has 4 rings (SSSR count). The van der Waals surface area contributed by atoms with E-state index >= 15 is 0 Å². The van der Waals surface area contributed by atoms with Crippen LogP contribution in [0, 0.1) is 5.92 Å². The lowest BCUT2D eigenvalue weighted by Crippen LogP contribution is -2.42. The van der Waals surface area contributed by atoms with Gasteiger partial charge in [-0.15, -0.1) is 0 Å². The topological polar surface area (TPSA) is 48.5 Å². The van der Waals surface area contributed by atoms with E-state index in [4.69, 9.17) is 4.99 Å². The first-order valence-corrected chi connectivity index (χ1v) is 9.34. The first kappa shape index (κ1) is 16.5. The molecule has 1 N–H and O–H groups in total. The van der Waals surface area contributed by atoms with Crippen LogP contribution in [0.15, 0.2) is 45.2 Å². The monoisotopic (exact) mass is 337 g/mol. The van der Waals surface area contributed by atoms with Crippen molar-refractivity contribution >= 4 is 5.71 Å². The molecule has 3 aliphatic rings. The van der Waals surface area contributed by atoms with Gasteiger partial charge in [0.25, 0.3) is 0 Å². The smallest absolute Gasteiger partial charge is 0.248 e. The zero-order valence-electron chi connectivity index (χ0n) is 15.4. The van der Waals surface area contributed by atoms with Gasteiger partial charge in [0.15, 0.2) is 0 Å². The van der Waals surface area contributed by atoms with Gasteiger partial charge in [0.05, 0.1) is 0 Å². The maximum atomic E-state index is 11.9. The number of rotatable bonds is 1. The number of nitrogens with one attached hydrogen (secondary N) is 1. The fraction of sp³-hybridized carbons (Fsp3) is 0.524. The van der Waals surface area contributed by atoms with E-state index in [0.717, 1.165) is 44.5 Å². The van der Waals surface area contributed by atoms with Crippen LogP contribution in [-0.2, 0) is 12.0 Å². The number of hydrogen-bond acceptors (Lipinski definition) is 3. The van der Waals surface area contributed by atoms with E-state index < -0.39 is 0 Å². The van der Waals surface area contributed by atoms with Crippen LogP contribution in [0.3, 0.4) is 0 Å². The summed E-state index contributed by atoms with van der Waals surface area (Å²) in [4.78, 5) is 22.8. The molecule has 1 aromatic heterocycles. The van der Waals surface area contributed by atoms with Crippen molar-refractivity contribution in [3.8, 4) is 0 Å². The van der Waals surface area contributed by atoms with Crippen molar-refractivity contribution in [1.29, 1.82) is 0 Å². The summed E-state index contributed by atoms with van der Waals surface area (Å²) < 4.78 is 0. The van der Waals surface area contributed by atoms with Gasteiger partial charge in [-0.2, -0.15) is 0 Å². The van der Waals surface area contributed by atoms with E-state index in [1.807, 2.05) is 6.07 Å². The Labute approximate surface area is 149 Å². The van der Waals surface area contributed by atoms with Gasteiger partial charge >= 0.3 is 0 Å². The number of piperidine rings is 1.